The maximum Gasteiger partial charge on any atom is 0.225 e. The van der Waals surface area contributed by atoms with E-state index in [1.165, 1.54) is 0 Å². The third-order valence-electron chi connectivity index (χ3n) is 5.69. The second-order valence-corrected chi connectivity index (χ2v) is 9.37. The van der Waals surface area contributed by atoms with Crippen molar-refractivity contribution in [1.82, 2.24) is 15.2 Å². The number of methoxy groups -OCH3 is 2. The lowest BCUT2D eigenvalue weighted by Gasteiger charge is -2.23. The van der Waals surface area contributed by atoms with Gasteiger partial charge in [0.1, 0.15) is 0 Å². The number of aromatic nitrogens is 1. The van der Waals surface area contributed by atoms with Crippen molar-refractivity contribution in [3.8, 4) is 11.5 Å². The molecule has 0 aliphatic carbocycles. The van der Waals surface area contributed by atoms with Crippen LogP contribution in [0.15, 0.2) is 42.6 Å². The predicted molar refractivity (Wildman–Crippen MR) is 123 cm³/mol. The minimum Gasteiger partial charge on any atom is -0.493 e. The fourth-order valence-corrected chi connectivity index (χ4v) is 4.17. The summed E-state index contributed by atoms with van der Waals surface area (Å²) in [6, 6.07) is 11.3. The molecule has 1 aliphatic heterocycles. The van der Waals surface area contributed by atoms with Crippen molar-refractivity contribution in [2.24, 2.45) is 11.3 Å². The van der Waals surface area contributed by atoms with Crippen molar-refractivity contribution in [3.05, 3.63) is 53.9 Å². The van der Waals surface area contributed by atoms with Gasteiger partial charge in [0, 0.05) is 37.2 Å². The smallest absolute Gasteiger partial charge is 0.225 e. The van der Waals surface area contributed by atoms with E-state index in [2.05, 4.69) is 10.3 Å². The van der Waals surface area contributed by atoms with E-state index in [4.69, 9.17) is 9.47 Å². The van der Waals surface area contributed by atoms with Crippen molar-refractivity contribution in [3.63, 3.8) is 0 Å². The molecule has 0 radical (unpaired) electrons. The molecule has 2 amide bonds. The van der Waals surface area contributed by atoms with E-state index in [1.54, 1.807) is 25.3 Å². The van der Waals surface area contributed by atoms with Crippen molar-refractivity contribution < 1.29 is 19.1 Å². The lowest BCUT2D eigenvalue weighted by molar-refractivity contribution is -0.132. The van der Waals surface area contributed by atoms with Gasteiger partial charge in [0.15, 0.2) is 11.5 Å². The Bertz CT molecular complexity index is 940. The fraction of sp³-hybridized carbons (Fsp3) is 0.480. The Morgan fingerprint density at radius 3 is 2.50 bits per heavy atom. The fourth-order valence-electron chi connectivity index (χ4n) is 4.17. The normalized spacial score (nSPS) is 18.3. The molecule has 1 N–H and O–H groups in total. The standard InChI is InChI=1S/C25H33N3O4/c1-25(2,3)13-22(29)28-15-19(18-10-8-11-21(31-4)23(18)32-5)20(16-28)24(30)27-14-17-9-6-7-12-26-17/h6-12,19-20H,13-16H2,1-5H3,(H,27,30). The number of carbonyl (C=O) groups is 2. The summed E-state index contributed by atoms with van der Waals surface area (Å²) in [5, 5.41) is 3.00. The number of nitrogens with one attached hydrogen (secondary N) is 1. The number of nitrogens with zero attached hydrogens (tertiary/aromatic N) is 2. The molecule has 0 bridgehead atoms. The Morgan fingerprint density at radius 2 is 1.88 bits per heavy atom. The molecular formula is C25H33N3O4. The zero-order valence-electron chi connectivity index (χ0n) is 19.6. The first kappa shape index (κ1) is 23.6. The third kappa shape index (κ3) is 5.58. The molecule has 7 heteroatoms. The molecule has 3 rings (SSSR count). The molecular weight excluding hydrogens is 406 g/mol. The van der Waals surface area contributed by atoms with E-state index >= 15 is 0 Å². The Hall–Kier alpha value is -3.09. The van der Waals surface area contributed by atoms with Crippen molar-refractivity contribution in [2.45, 2.75) is 39.7 Å². The van der Waals surface area contributed by atoms with Crippen molar-refractivity contribution >= 4 is 11.8 Å². The molecule has 32 heavy (non-hydrogen) atoms. The second-order valence-electron chi connectivity index (χ2n) is 9.37. The summed E-state index contributed by atoms with van der Waals surface area (Å²) in [4.78, 5) is 32.3. The quantitative estimate of drug-likeness (QED) is 0.715. The van der Waals surface area contributed by atoms with Crippen LogP contribution in [0.1, 0.15) is 44.4 Å². The number of carbonyl (C=O) groups excluding carboxylic acids is 2. The highest BCUT2D eigenvalue weighted by molar-refractivity contribution is 5.83. The van der Waals surface area contributed by atoms with Crippen LogP contribution in [0.5, 0.6) is 11.5 Å². The van der Waals surface area contributed by atoms with E-state index in [0.717, 1.165) is 11.3 Å². The van der Waals surface area contributed by atoms with Crippen molar-refractivity contribution in [1.29, 1.82) is 0 Å². The maximum absolute atomic E-state index is 13.3. The van der Waals surface area contributed by atoms with Gasteiger partial charge >= 0.3 is 0 Å². The summed E-state index contributed by atoms with van der Waals surface area (Å²) < 4.78 is 11.1. The highest BCUT2D eigenvalue weighted by atomic mass is 16.5. The van der Waals surface area contributed by atoms with Gasteiger partial charge in [-0.05, 0) is 23.6 Å². The minimum atomic E-state index is -0.399. The number of hydrogen-bond donors (Lipinski definition) is 1. The summed E-state index contributed by atoms with van der Waals surface area (Å²) in [5.74, 6) is 0.571. The SMILES string of the molecule is COc1cccc(C2CN(C(=O)CC(C)(C)C)CC2C(=O)NCc2ccccn2)c1OC. The Balaban J connectivity index is 1.87. The summed E-state index contributed by atoms with van der Waals surface area (Å²) in [5.41, 5.74) is 1.53. The predicted octanol–water partition coefficient (Wildman–Crippen LogP) is 3.39. The molecule has 2 aromatic rings. The lowest BCUT2D eigenvalue weighted by Crippen LogP contribution is -2.36. The van der Waals surface area contributed by atoms with Crippen LogP contribution in [0.4, 0.5) is 0 Å². The monoisotopic (exact) mass is 439 g/mol. The summed E-state index contributed by atoms with van der Waals surface area (Å²) in [6.07, 6.45) is 2.13. The third-order valence-corrected chi connectivity index (χ3v) is 5.69. The molecule has 2 atom stereocenters. The highest BCUT2D eigenvalue weighted by Gasteiger charge is 2.42. The summed E-state index contributed by atoms with van der Waals surface area (Å²) >= 11 is 0. The molecule has 0 saturated carbocycles. The van der Waals surface area contributed by atoms with E-state index in [1.807, 2.05) is 57.2 Å². The number of rotatable bonds is 7. The number of pyridine rings is 1. The average Bonchev–Trinajstić information content (AvgIpc) is 3.22. The molecule has 0 spiro atoms. The van der Waals surface area contributed by atoms with Crippen LogP contribution in [0.25, 0.3) is 0 Å². The topological polar surface area (TPSA) is 80.8 Å². The minimum absolute atomic E-state index is 0.0596. The van der Waals surface area contributed by atoms with Crippen molar-refractivity contribution in [2.75, 3.05) is 27.3 Å². The molecule has 7 nitrogen and oxygen atoms in total. The number of hydrogen-bond acceptors (Lipinski definition) is 5. The first-order valence-electron chi connectivity index (χ1n) is 10.9. The number of likely N-dealkylation sites (tertiary alicyclic amines) is 1. The van der Waals surface area contributed by atoms with Crippen LogP contribution in [0.2, 0.25) is 0 Å². The van der Waals surface area contributed by atoms with Crippen LogP contribution >= 0.6 is 0 Å². The van der Waals surface area contributed by atoms with Gasteiger partial charge in [-0.25, -0.2) is 0 Å². The Morgan fingerprint density at radius 1 is 1.09 bits per heavy atom. The average molecular weight is 440 g/mol. The van der Waals surface area contributed by atoms with E-state index in [-0.39, 0.29) is 23.1 Å². The van der Waals surface area contributed by atoms with Gasteiger partial charge in [-0.3, -0.25) is 14.6 Å². The summed E-state index contributed by atoms with van der Waals surface area (Å²) in [6.45, 7) is 7.30. The van der Waals surface area contributed by atoms with Gasteiger partial charge in [0.05, 0.1) is 32.4 Å². The lowest BCUT2D eigenvalue weighted by atomic mass is 9.87. The van der Waals surface area contributed by atoms with Gasteiger partial charge in [-0.2, -0.15) is 0 Å². The molecule has 1 fully saturated rings. The molecule has 1 aromatic heterocycles. The van der Waals surface area contributed by atoms with Crippen LogP contribution in [0, 0.1) is 11.3 Å². The zero-order valence-corrected chi connectivity index (χ0v) is 19.6. The second kappa shape index (κ2) is 10.0. The van der Waals surface area contributed by atoms with Gasteiger partial charge < -0.3 is 19.7 Å². The molecule has 172 valence electrons. The van der Waals surface area contributed by atoms with E-state index in [9.17, 15) is 9.59 Å². The molecule has 1 aliphatic rings. The van der Waals surface area contributed by atoms with Gasteiger partial charge in [0.25, 0.3) is 0 Å². The largest absolute Gasteiger partial charge is 0.493 e. The molecule has 2 heterocycles. The zero-order chi connectivity index (χ0) is 23.3. The van der Waals surface area contributed by atoms with E-state index < -0.39 is 5.92 Å². The Labute approximate surface area is 190 Å². The Kier molecular flexibility index (Phi) is 7.38. The number of amides is 2. The number of para-hydroxylation sites is 1. The maximum atomic E-state index is 13.3. The first-order valence-corrected chi connectivity index (χ1v) is 10.9. The molecule has 2 unspecified atom stereocenters. The first-order chi connectivity index (χ1) is 15.2. The molecule has 1 aromatic carbocycles. The van der Waals surface area contributed by atoms with Crippen LogP contribution < -0.4 is 14.8 Å². The van der Waals surface area contributed by atoms with Gasteiger partial charge in [0.2, 0.25) is 11.8 Å². The highest BCUT2D eigenvalue weighted by Crippen LogP contribution is 2.42. The van der Waals surface area contributed by atoms with E-state index in [0.29, 0.717) is 37.6 Å². The van der Waals surface area contributed by atoms with Crippen LogP contribution in [-0.4, -0.2) is 49.0 Å². The molecule has 1 saturated heterocycles. The van der Waals surface area contributed by atoms with Crippen LogP contribution in [0.3, 0.4) is 0 Å². The van der Waals surface area contributed by atoms with Gasteiger partial charge in [-0.15, -0.1) is 0 Å². The number of ether oxygens (including phenoxy) is 2. The van der Waals surface area contributed by atoms with Crippen LogP contribution in [-0.2, 0) is 16.1 Å². The number of benzene rings is 1. The summed E-state index contributed by atoms with van der Waals surface area (Å²) in [7, 11) is 3.18. The van der Waals surface area contributed by atoms with Gasteiger partial charge in [-0.1, -0.05) is 39.0 Å².